The van der Waals surface area contributed by atoms with Crippen molar-refractivity contribution < 1.29 is 9.90 Å². The summed E-state index contributed by atoms with van der Waals surface area (Å²) in [5, 5.41) is 12.9. The lowest BCUT2D eigenvalue weighted by atomic mass is 10.2. The van der Waals surface area contributed by atoms with E-state index < -0.39 is 0 Å². The Labute approximate surface area is 134 Å². The summed E-state index contributed by atoms with van der Waals surface area (Å²) in [5.41, 5.74) is 6.55. The number of rotatable bonds is 5. The number of carbonyl (C=O) groups excluding carboxylic acids is 1. The van der Waals surface area contributed by atoms with Crippen molar-refractivity contribution in [2.24, 2.45) is 0 Å². The molecule has 1 saturated heterocycles. The fourth-order valence-electron chi connectivity index (χ4n) is 2.41. The van der Waals surface area contributed by atoms with Gasteiger partial charge in [-0.1, -0.05) is 23.2 Å². The molecule has 1 aliphatic rings. The van der Waals surface area contributed by atoms with Crippen LogP contribution in [0.2, 0.25) is 10.0 Å². The second kappa shape index (κ2) is 7.31. The van der Waals surface area contributed by atoms with Crippen LogP contribution in [0, 0.1) is 0 Å². The molecule has 21 heavy (non-hydrogen) atoms. The molecule has 5 nitrogen and oxygen atoms in total. The van der Waals surface area contributed by atoms with Crippen molar-refractivity contribution in [1.29, 1.82) is 0 Å². The van der Waals surface area contributed by atoms with Crippen molar-refractivity contribution in [1.82, 2.24) is 4.90 Å². The van der Waals surface area contributed by atoms with Crippen LogP contribution in [-0.4, -0.2) is 41.7 Å². The van der Waals surface area contributed by atoms with Crippen molar-refractivity contribution in [3.8, 4) is 0 Å². The van der Waals surface area contributed by atoms with E-state index in [-0.39, 0.29) is 12.0 Å². The number of hydrogen-bond donors (Lipinski definition) is 3. The summed E-state index contributed by atoms with van der Waals surface area (Å²) < 4.78 is 0. The topological polar surface area (TPSA) is 78.6 Å². The lowest BCUT2D eigenvalue weighted by Gasteiger charge is -2.15. The number of nitrogen functional groups attached to an aromatic ring is 1. The van der Waals surface area contributed by atoms with Gasteiger partial charge in [-0.15, -0.1) is 0 Å². The van der Waals surface area contributed by atoms with Gasteiger partial charge < -0.3 is 21.1 Å². The minimum Gasteiger partial charge on any atom is -0.397 e. The zero-order chi connectivity index (χ0) is 15.4. The number of aliphatic hydroxyl groups excluding tert-OH is 1. The third-order valence-corrected chi connectivity index (χ3v) is 3.99. The molecule has 2 rings (SSSR count). The second-order valence-corrected chi connectivity index (χ2v) is 6.09. The van der Waals surface area contributed by atoms with Gasteiger partial charge in [-0.2, -0.15) is 0 Å². The number of anilines is 2. The molecule has 0 radical (unpaired) electrons. The van der Waals surface area contributed by atoms with E-state index in [1.165, 1.54) is 0 Å². The maximum atomic E-state index is 11.9. The van der Waals surface area contributed by atoms with Crippen molar-refractivity contribution in [2.75, 3.05) is 30.7 Å². The molecule has 116 valence electrons. The van der Waals surface area contributed by atoms with E-state index in [1.807, 2.05) is 0 Å². The van der Waals surface area contributed by atoms with E-state index in [9.17, 15) is 9.90 Å². The molecule has 1 aromatic rings. The number of nitrogens with zero attached hydrogens (tertiary/aromatic N) is 1. The van der Waals surface area contributed by atoms with Gasteiger partial charge in [0.05, 0.1) is 22.5 Å². The maximum absolute atomic E-state index is 11.9. The third-order valence-electron chi connectivity index (χ3n) is 3.48. The first-order valence-corrected chi connectivity index (χ1v) is 7.66. The molecule has 1 amide bonds. The second-order valence-electron chi connectivity index (χ2n) is 5.25. The Balaban J connectivity index is 1.79. The number of carbonyl (C=O) groups is 1. The number of aliphatic hydroxyl groups is 1. The Bertz CT molecular complexity index is 502. The molecule has 1 unspecified atom stereocenters. The predicted molar refractivity (Wildman–Crippen MR) is 85.8 cm³/mol. The van der Waals surface area contributed by atoms with Gasteiger partial charge in [-0.3, -0.25) is 4.79 Å². The van der Waals surface area contributed by atoms with Gasteiger partial charge in [-0.05, 0) is 31.5 Å². The Hall–Kier alpha value is -1.01. The summed E-state index contributed by atoms with van der Waals surface area (Å²) in [7, 11) is 0. The van der Waals surface area contributed by atoms with Crippen LogP contribution in [0.5, 0.6) is 0 Å². The lowest BCUT2D eigenvalue weighted by molar-refractivity contribution is -0.116. The number of amides is 1. The van der Waals surface area contributed by atoms with E-state index in [0.717, 1.165) is 25.9 Å². The average Bonchev–Trinajstić information content (AvgIpc) is 2.79. The molecule has 0 bridgehead atoms. The molecule has 1 atom stereocenters. The van der Waals surface area contributed by atoms with Gasteiger partial charge in [0, 0.05) is 24.5 Å². The SMILES string of the molecule is Nc1cc(Cl)cc(Cl)c1NC(=O)CCCN1CCC(O)C1. The summed E-state index contributed by atoms with van der Waals surface area (Å²) in [6, 6.07) is 3.09. The number of hydrogen-bond acceptors (Lipinski definition) is 4. The monoisotopic (exact) mass is 331 g/mol. The van der Waals surface area contributed by atoms with Crippen molar-refractivity contribution in [3.63, 3.8) is 0 Å². The average molecular weight is 332 g/mol. The summed E-state index contributed by atoms with van der Waals surface area (Å²) in [6.45, 7) is 2.38. The smallest absolute Gasteiger partial charge is 0.224 e. The first-order chi connectivity index (χ1) is 9.95. The van der Waals surface area contributed by atoms with Gasteiger partial charge in [0.1, 0.15) is 0 Å². The minimum atomic E-state index is -0.230. The molecule has 1 heterocycles. The molecule has 0 spiro atoms. The maximum Gasteiger partial charge on any atom is 0.224 e. The molecular formula is C14H19Cl2N3O2. The summed E-state index contributed by atoms with van der Waals surface area (Å²) >= 11 is 11.8. The predicted octanol–water partition coefficient (Wildman–Crippen LogP) is 2.36. The fourth-order valence-corrected chi connectivity index (χ4v) is 2.96. The van der Waals surface area contributed by atoms with Crippen LogP contribution in [0.25, 0.3) is 0 Å². The van der Waals surface area contributed by atoms with E-state index in [1.54, 1.807) is 12.1 Å². The Morgan fingerprint density at radius 2 is 2.24 bits per heavy atom. The quantitative estimate of drug-likeness (QED) is 0.724. The highest BCUT2D eigenvalue weighted by Gasteiger charge is 2.19. The molecule has 1 fully saturated rings. The molecule has 7 heteroatoms. The van der Waals surface area contributed by atoms with E-state index in [2.05, 4.69) is 10.2 Å². The molecule has 0 aliphatic carbocycles. The highest BCUT2D eigenvalue weighted by atomic mass is 35.5. The highest BCUT2D eigenvalue weighted by molar-refractivity contribution is 6.37. The highest BCUT2D eigenvalue weighted by Crippen LogP contribution is 2.32. The van der Waals surface area contributed by atoms with Gasteiger partial charge in [0.15, 0.2) is 0 Å². The molecule has 4 N–H and O–H groups in total. The standard InChI is InChI=1S/C14H19Cl2N3O2/c15-9-6-11(16)14(12(17)7-9)18-13(21)2-1-4-19-5-3-10(20)8-19/h6-7,10,20H,1-5,8,17H2,(H,18,21). The van der Waals surface area contributed by atoms with Gasteiger partial charge in [-0.25, -0.2) is 0 Å². The number of halogens is 2. The van der Waals surface area contributed by atoms with Gasteiger partial charge >= 0.3 is 0 Å². The zero-order valence-electron chi connectivity index (χ0n) is 11.6. The van der Waals surface area contributed by atoms with Crippen LogP contribution in [0.1, 0.15) is 19.3 Å². The van der Waals surface area contributed by atoms with Crippen LogP contribution in [0.15, 0.2) is 12.1 Å². The summed E-state index contributed by atoms with van der Waals surface area (Å²) in [6.07, 6.45) is 1.68. The normalized spacial score (nSPS) is 18.9. The largest absolute Gasteiger partial charge is 0.397 e. The van der Waals surface area contributed by atoms with E-state index >= 15 is 0 Å². The molecule has 1 aromatic carbocycles. The first kappa shape index (κ1) is 16.4. The summed E-state index contributed by atoms with van der Waals surface area (Å²) in [4.78, 5) is 14.1. The van der Waals surface area contributed by atoms with Crippen LogP contribution in [-0.2, 0) is 4.79 Å². The fraction of sp³-hybridized carbons (Fsp3) is 0.500. The van der Waals surface area contributed by atoms with Crippen molar-refractivity contribution in [2.45, 2.75) is 25.4 Å². The summed E-state index contributed by atoms with van der Waals surface area (Å²) in [5.74, 6) is -0.134. The zero-order valence-corrected chi connectivity index (χ0v) is 13.1. The number of nitrogens with two attached hydrogens (primary N) is 1. The van der Waals surface area contributed by atoms with Gasteiger partial charge in [0.25, 0.3) is 0 Å². The Morgan fingerprint density at radius 3 is 2.86 bits per heavy atom. The number of β-amino-alcohol motifs (C(OH)–C–C–N with tert-alkyl or cyclic N) is 1. The molecule has 1 aliphatic heterocycles. The van der Waals surface area contributed by atoms with E-state index in [4.69, 9.17) is 28.9 Å². The van der Waals surface area contributed by atoms with Crippen LogP contribution in [0.4, 0.5) is 11.4 Å². The van der Waals surface area contributed by atoms with Crippen LogP contribution < -0.4 is 11.1 Å². The molecule has 0 aromatic heterocycles. The minimum absolute atomic E-state index is 0.134. The van der Waals surface area contributed by atoms with Crippen LogP contribution in [0.3, 0.4) is 0 Å². The first-order valence-electron chi connectivity index (χ1n) is 6.90. The third kappa shape index (κ3) is 4.74. The number of likely N-dealkylation sites (tertiary alicyclic amines) is 1. The van der Waals surface area contributed by atoms with Crippen LogP contribution >= 0.6 is 23.2 Å². The number of benzene rings is 1. The van der Waals surface area contributed by atoms with Crippen molar-refractivity contribution >= 4 is 40.5 Å². The molecular weight excluding hydrogens is 313 g/mol. The van der Waals surface area contributed by atoms with Gasteiger partial charge in [0.2, 0.25) is 5.91 Å². The number of nitrogens with one attached hydrogen (secondary N) is 1. The van der Waals surface area contributed by atoms with Crippen molar-refractivity contribution in [3.05, 3.63) is 22.2 Å². The van der Waals surface area contributed by atoms with E-state index in [0.29, 0.717) is 34.4 Å². The lowest BCUT2D eigenvalue weighted by Crippen LogP contribution is -2.24. The molecule has 0 saturated carbocycles. The Morgan fingerprint density at radius 1 is 1.48 bits per heavy atom. The Kier molecular flexibility index (Phi) is 5.70.